The zero-order chi connectivity index (χ0) is 20.2. The first-order chi connectivity index (χ1) is 13.1. The Kier molecular flexibility index (Phi) is 16.7. The Labute approximate surface area is 165 Å². The van der Waals surface area contributed by atoms with E-state index in [1.165, 1.54) is 4.31 Å². The molecular formula is C20H34N4O2S. The van der Waals surface area contributed by atoms with Crippen molar-refractivity contribution < 1.29 is 8.42 Å². The van der Waals surface area contributed by atoms with Crippen LogP contribution < -0.4 is 0 Å². The number of hydrogen-bond acceptors (Lipinski definition) is 5. The molecule has 6 nitrogen and oxygen atoms in total. The van der Waals surface area contributed by atoms with E-state index in [2.05, 4.69) is 12.1 Å². The van der Waals surface area contributed by atoms with Crippen molar-refractivity contribution >= 4 is 10.0 Å². The minimum atomic E-state index is -3.48. The van der Waals surface area contributed by atoms with Gasteiger partial charge in [0.15, 0.2) is 5.75 Å². The first-order valence-corrected chi connectivity index (χ1v) is 11.8. The van der Waals surface area contributed by atoms with E-state index in [4.69, 9.17) is 15.8 Å². The van der Waals surface area contributed by atoms with Crippen LogP contribution in [-0.4, -0.2) is 31.6 Å². The summed E-state index contributed by atoms with van der Waals surface area (Å²) in [6, 6.07) is 6.05. The van der Waals surface area contributed by atoms with Gasteiger partial charge < -0.3 is 0 Å². The fraction of sp³-hybridized carbons (Fsp3) is 0.850. The second-order valence-corrected chi connectivity index (χ2v) is 8.84. The molecule has 7 heteroatoms. The largest absolute Gasteiger partial charge is 0.227 e. The van der Waals surface area contributed by atoms with Gasteiger partial charge in [-0.25, -0.2) is 12.7 Å². The van der Waals surface area contributed by atoms with Crippen LogP contribution >= 0.6 is 0 Å². The minimum Gasteiger partial charge on any atom is -0.211 e. The number of sulfonamides is 1. The fourth-order valence-corrected chi connectivity index (χ4v) is 4.12. The van der Waals surface area contributed by atoms with Gasteiger partial charge in [-0.05, 0) is 25.7 Å². The number of unbranched alkanes of at least 4 members (excludes halogenated alkanes) is 12. The molecule has 0 aromatic heterocycles. The predicted octanol–water partition coefficient (Wildman–Crippen LogP) is 4.65. The van der Waals surface area contributed by atoms with Gasteiger partial charge in [-0.3, -0.25) is 0 Å². The number of nitrogens with zero attached hydrogens (tertiary/aromatic N) is 4. The van der Waals surface area contributed by atoms with Crippen molar-refractivity contribution in [2.24, 2.45) is 0 Å². The maximum Gasteiger partial charge on any atom is 0.227 e. The highest BCUT2D eigenvalue weighted by molar-refractivity contribution is 7.89. The molecule has 27 heavy (non-hydrogen) atoms. The monoisotopic (exact) mass is 394 g/mol. The Balaban J connectivity index is 4.05. The zero-order valence-corrected chi connectivity index (χ0v) is 17.4. The maximum atomic E-state index is 12.2. The molecule has 0 atom stereocenters. The molecule has 0 saturated heterocycles. The third-order valence-corrected chi connectivity index (χ3v) is 6.18. The molecule has 0 radical (unpaired) electrons. The van der Waals surface area contributed by atoms with E-state index < -0.39 is 15.8 Å². The van der Waals surface area contributed by atoms with Gasteiger partial charge in [0.1, 0.15) is 0 Å². The van der Waals surface area contributed by atoms with Crippen molar-refractivity contribution in [3.05, 3.63) is 0 Å². The molecule has 0 aliphatic carbocycles. The van der Waals surface area contributed by atoms with E-state index in [1.807, 2.05) is 0 Å². The van der Waals surface area contributed by atoms with Crippen LogP contribution in [-0.2, 0) is 10.0 Å². The molecule has 0 unspecified atom stereocenters. The van der Waals surface area contributed by atoms with Crippen LogP contribution in [0.4, 0.5) is 0 Å². The normalized spacial score (nSPS) is 11.0. The third-order valence-electron chi connectivity index (χ3n) is 4.53. The summed E-state index contributed by atoms with van der Waals surface area (Å²) in [5.74, 6) is -0.449. The van der Waals surface area contributed by atoms with Crippen LogP contribution in [0.1, 0.15) is 89.9 Å². The Morgan fingerprint density at radius 1 is 0.556 bits per heavy atom. The lowest BCUT2D eigenvalue weighted by atomic mass is 10.1. The lowest BCUT2D eigenvalue weighted by molar-refractivity contribution is 0.385. The molecule has 0 rings (SSSR count). The second kappa shape index (κ2) is 17.8. The van der Waals surface area contributed by atoms with Crippen molar-refractivity contribution in [3.8, 4) is 18.2 Å². The van der Waals surface area contributed by atoms with E-state index in [9.17, 15) is 8.42 Å². The van der Waals surface area contributed by atoms with Crippen molar-refractivity contribution in [2.75, 3.05) is 18.8 Å². The van der Waals surface area contributed by atoms with Crippen LogP contribution in [0, 0.1) is 34.0 Å². The topological polar surface area (TPSA) is 109 Å². The van der Waals surface area contributed by atoms with Crippen LogP contribution in [0.5, 0.6) is 0 Å². The third kappa shape index (κ3) is 15.2. The van der Waals surface area contributed by atoms with Crippen molar-refractivity contribution in [3.63, 3.8) is 0 Å². The zero-order valence-electron chi connectivity index (χ0n) is 16.5. The summed E-state index contributed by atoms with van der Waals surface area (Å²) in [5.41, 5.74) is 0. The molecule has 0 fully saturated rings. The van der Waals surface area contributed by atoms with Gasteiger partial charge in [-0.2, -0.15) is 15.8 Å². The van der Waals surface area contributed by atoms with E-state index in [0.717, 1.165) is 77.0 Å². The average molecular weight is 395 g/mol. The van der Waals surface area contributed by atoms with Gasteiger partial charge in [0.25, 0.3) is 0 Å². The first kappa shape index (κ1) is 25.4. The van der Waals surface area contributed by atoms with Gasteiger partial charge >= 0.3 is 0 Å². The van der Waals surface area contributed by atoms with Gasteiger partial charge in [0.2, 0.25) is 10.0 Å². The quantitative estimate of drug-likeness (QED) is 0.314. The summed E-state index contributed by atoms with van der Waals surface area (Å²) < 4.78 is 26.0. The van der Waals surface area contributed by atoms with Crippen molar-refractivity contribution in [2.45, 2.75) is 89.9 Å². The highest BCUT2D eigenvalue weighted by atomic mass is 32.2. The molecule has 0 heterocycles. The number of rotatable bonds is 18. The molecule has 0 aliphatic rings. The van der Waals surface area contributed by atoms with Gasteiger partial charge in [0, 0.05) is 25.9 Å². The van der Waals surface area contributed by atoms with E-state index in [-0.39, 0.29) is 0 Å². The lowest BCUT2D eigenvalue weighted by Crippen LogP contribution is -2.34. The van der Waals surface area contributed by atoms with E-state index in [1.54, 1.807) is 6.07 Å². The minimum absolute atomic E-state index is 0.449. The highest BCUT2D eigenvalue weighted by Crippen LogP contribution is 2.12. The van der Waals surface area contributed by atoms with Crippen LogP contribution in [0.3, 0.4) is 0 Å². The smallest absolute Gasteiger partial charge is 0.211 e. The number of nitriles is 3. The summed E-state index contributed by atoms with van der Waals surface area (Å²) in [5, 5.41) is 25.8. The van der Waals surface area contributed by atoms with Crippen LogP contribution in [0.25, 0.3) is 0 Å². The van der Waals surface area contributed by atoms with E-state index in [0.29, 0.717) is 25.9 Å². The van der Waals surface area contributed by atoms with Gasteiger partial charge in [0.05, 0.1) is 18.2 Å². The SMILES string of the molecule is N#CCCCCCCCCN(CCCCCCCCC#N)S(=O)(=O)CC#N. The Hall–Kier alpha value is -1.62. The van der Waals surface area contributed by atoms with Gasteiger partial charge in [-0.15, -0.1) is 0 Å². The Bertz CT molecular complexity index is 555. The second-order valence-electron chi connectivity index (χ2n) is 6.87. The summed E-state index contributed by atoms with van der Waals surface area (Å²) >= 11 is 0. The lowest BCUT2D eigenvalue weighted by Gasteiger charge is -2.20. The van der Waals surface area contributed by atoms with Crippen LogP contribution in [0.2, 0.25) is 0 Å². The van der Waals surface area contributed by atoms with Crippen LogP contribution in [0.15, 0.2) is 0 Å². The number of hydrogen-bond donors (Lipinski definition) is 0. The highest BCUT2D eigenvalue weighted by Gasteiger charge is 2.20. The standard InChI is InChI=1S/C20H34N4O2S/c21-15-11-7-3-1-5-9-13-18-24(27(25,26)20-17-23)19-14-10-6-2-4-8-12-16-22/h1-14,18-20H2. The average Bonchev–Trinajstić information content (AvgIpc) is 2.64. The molecule has 0 amide bonds. The summed E-state index contributed by atoms with van der Waals surface area (Å²) in [7, 11) is -3.48. The molecule has 0 saturated carbocycles. The summed E-state index contributed by atoms with van der Waals surface area (Å²) in [6.45, 7) is 0.981. The fourth-order valence-electron chi connectivity index (χ4n) is 2.96. The summed E-state index contributed by atoms with van der Waals surface area (Å²) in [4.78, 5) is 0. The Morgan fingerprint density at radius 2 is 0.926 bits per heavy atom. The van der Waals surface area contributed by atoms with Gasteiger partial charge in [-0.1, -0.05) is 51.4 Å². The molecule has 0 aliphatic heterocycles. The molecule has 0 aromatic rings. The first-order valence-electron chi connectivity index (χ1n) is 10.2. The van der Waals surface area contributed by atoms with Crippen molar-refractivity contribution in [1.29, 1.82) is 15.8 Å². The summed E-state index contributed by atoms with van der Waals surface area (Å²) in [6.07, 6.45) is 13.1. The van der Waals surface area contributed by atoms with E-state index >= 15 is 0 Å². The molecule has 0 N–H and O–H groups in total. The van der Waals surface area contributed by atoms with Crippen molar-refractivity contribution in [1.82, 2.24) is 4.31 Å². The predicted molar refractivity (Wildman–Crippen MR) is 107 cm³/mol. The molecular weight excluding hydrogens is 360 g/mol. The molecule has 0 spiro atoms. The molecule has 152 valence electrons. The maximum absolute atomic E-state index is 12.2. The molecule has 0 aromatic carbocycles. The molecule has 0 bridgehead atoms. The Morgan fingerprint density at radius 3 is 1.30 bits per heavy atom.